The molecule has 0 aliphatic carbocycles. The molecule has 0 radical (unpaired) electrons. The Morgan fingerprint density at radius 3 is 2.76 bits per heavy atom. The molecule has 1 rings (SSSR count). The summed E-state index contributed by atoms with van der Waals surface area (Å²) in [6, 6.07) is 3.64. The molecule has 1 aromatic rings. The molecule has 4 heteroatoms. The summed E-state index contributed by atoms with van der Waals surface area (Å²) in [4.78, 5) is 0. The number of hydrogen-bond acceptors (Lipinski definition) is 2. The topological polar surface area (TPSA) is 21.3 Å². The fourth-order valence-corrected chi connectivity index (χ4v) is 1.43. The van der Waals surface area contributed by atoms with Crippen LogP contribution in [0.2, 0.25) is 0 Å². The van der Waals surface area contributed by atoms with Crippen molar-refractivity contribution in [2.75, 3.05) is 19.8 Å². The van der Waals surface area contributed by atoms with E-state index < -0.39 is 11.6 Å². The highest BCUT2D eigenvalue weighted by atomic mass is 19.1. The van der Waals surface area contributed by atoms with Crippen molar-refractivity contribution in [1.29, 1.82) is 0 Å². The van der Waals surface area contributed by atoms with Gasteiger partial charge in [-0.2, -0.15) is 0 Å². The summed E-state index contributed by atoms with van der Waals surface area (Å²) in [6.07, 6.45) is 1.91. The lowest BCUT2D eigenvalue weighted by Gasteiger charge is -2.06. The number of halogens is 2. The van der Waals surface area contributed by atoms with Gasteiger partial charge in [0.1, 0.15) is 11.6 Å². The monoisotopic (exact) mass is 243 g/mol. The first kappa shape index (κ1) is 14.1. The van der Waals surface area contributed by atoms with Crippen LogP contribution in [0.4, 0.5) is 8.78 Å². The third kappa shape index (κ3) is 5.75. The zero-order valence-electron chi connectivity index (χ0n) is 10.1. The molecule has 17 heavy (non-hydrogen) atoms. The highest BCUT2D eigenvalue weighted by Crippen LogP contribution is 2.08. The number of rotatable bonds is 8. The Kier molecular flexibility index (Phi) is 6.74. The molecule has 0 aromatic heterocycles. The zero-order chi connectivity index (χ0) is 12.5. The minimum Gasteiger partial charge on any atom is -0.381 e. The maximum atomic E-state index is 13.2. The van der Waals surface area contributed by atoms with Gasteiger partial charge in [0.25, 0.3) is 0 Å². The smallest absolute Gasteiger partial charge is 0.130 e. The van der Waals surface area contributed by atoms with E-state index in [9.17, 15) is 8.78 Å². The molecular weight excluding hydrogens is 224 g/mol. The van der Waals surface area contributed by atoms with Gasteiger partial charge in [0, 0.05) is 31.4 Å². The predicted octanol–water partition coefficient (Wildman–Crippen LogP) is 2.87. The Hall–Kier alpha value is -1.00. The fraction of sp³-hybridized carbons (Fsp3) is 0.538. The molecule has 1 N–H and O–H groups in total. The van der Waals surface area contributed by atoms with Gasteiger partial charge in [-0.15, -0.1) is 0 Å². The first-order valence-corrected chi connectivity index (χ1v) is 5.96. The van der Waals surface area contributed by atoms with Gasteiger partial charge in [0.15, 0.2) is 0 Å². The first-order chi connectivity index (χ1) is 8.24. The number of ether oxygens (including phenoxy) is 1. The van der Waals surface area contributed by atoms with Crippen LogP contribution in [-0.4, -0.2) is 19.8 Å². The molecule has 2 nitrogen and oxygen atoms in total. The molecule has 0 saturated carbocycles. The van der Waals surface area contributed by atoms with Gasteiger partial charge in [-0.3, -0.25) is 0 Å². The van der Waals surface area contributed by atoms with Crippen LogP contribution in [0.1, 0.15) is 25.3 Å². The van der Waals surface area contributed by atoms with Crippen LogP contribution >= 0.6 is 0 Å². The molecule has 0 aliphatic rings. The summed E-state index contributed by atoms with van der Waals surface area (Å²) in [5.41, 5.74) is 0.487. The van der Waals surface area contributed by atoms with E-state index in [2.05, 4.69) is 12.2 Å². The zero-order valence-corrected chi connectivity index (χ0v) is 10.1. The normalized spacial score (nSPS) is 10.8. The molecular formula is C13H19F2NO. The summed E-state index contributed by atoms with van der Waals surface area (Å²) in [7, 11) is 0. The van der Waals surface area contributed by atoms with E-state index >= 15 is 0 Å². The van der Waals surface area contributed by atoms with Gasteiger partial charge in [0.05, 0.1) is 0 Å². The number of benzene rings is 1. The lowest BCUT2D eigenvalue weighted by Crippen LogP contribution is -2.17. The highest BCUT2D eigenvalue weighted by molar-refractivity contribution is 5.18. The van der Waals surface area contributed by atoms with E-state index in [1.807, 2.05) is 0 Å². The van der Waals surface area contributed by atoms with Gasteiger partial charge < -0.3 is 10.1 Å². The minimum atomic E-state index is -0.542. The van der Waals surface area contributed by atoms with Gasteiger partial charge >= 0.3 is 0 Å². The molecule has 0 aliphatic heterocycles. The van der Waals surface area contributed by atoms with Crippen molar-refractivity contribution in [2.45, 2.75) is 26.3 Å². The Balaban J connectivity index is 2.14. The van der Waals surface area contributed by atoms with Gasteiger partial charge in [-0.05, 0) is 25.5 Å². The molecule has 0 atom stereocenters. The van der Waals surface area contributed by atoms with Crippen LogP contribution in [-0.2, 0) is 11.3 Å². The number of nitrogens with one attached hydrogen (secondary N) is 1. The van der Waals surface area contributed by atoms with E-state index in [4.69, 9.17) is 4.74 Å². The van der Waals surface area contributed by atoms with Crippen molar-refractivity contribution >= 4 is 0 Å². The van der Waals surface area contributed by atoms with E-state index in [1.165, 1.54) is 12.1 Å². The van der Waals surface area contributed by atoms with E-state index in [0.29, 0.717) is 18.7 Å². The Bertz CT molecular complexity index is 331. The maximum absolute atomic E-state index is 13.2. The Morgan fingerprint density at radius 1 is 1.24 bits per heavy atom. The van der Waals surface area contributed by atoms with Gasteiger partial charge in [-0.25, -0.2) is 8.78 Å². The number of hydrogen-bond donors (Lipinski definition) is 1. The lowest BCUT2D eigenvalue weighted by molar-refractivity contribution is 0.132. The third-order valence-electron chi connectivity index (χ3n) is 2.32. The first-order valence-electron chi connectivity index (χ1n) is 5.96. The predicted molar refractivity (Wildman–Crippen MR) is 63.8 cm³/mol. The summed E-state index contributed by atoms with van der Waals surface area (Å²) in [6.45, 7) is 4.75. The van der Waals surface area contributed by atoms with Crippen LogP contribution in [0.5, 0.6) is 0 Å². The van der Waals surface area contributed by atoms with Gasteiger partial charge in [-0.1, -0.05) is 13.0 Å². The quantitative estimate of drug-likeness (QED) is 0.709. The van der Waals surface area contributed by atoms with Crippen LogP contribution in [0, 0.1) is 11.6 Å². The van der Waals surface area contributed by atoms with Crippen LogP contribution in [0.25, 0.3) is 0 Å². The summed E-state index contributed by atoms with van der Waals surface area (Å²) in [5.74, 6) is -1.04. The molecule has 0 fully saturated rings. The Labute approximate surface area is 101 Å². The molecule has 96 valence electrons. The summed E-state index contributed by atoms with van der Waals surface area (Å²) >= 11 is 0. The highest BCUT2D eigenvalue weighted by Gasteiger charge is 2.02. The van der Waals surface area contributed by atoms with Gasteiger partial charge in [0.2, 0.25) is 0 Å². The maximum Gasteiger partial charge on any atom is 0.130 e. The SMILES string of the molecule is CCCOCCCNCc1ccc(F)cc1F. The summed E-state index contributed by atoms with van der Waals surface area (Å²) in [5, 5.41) is 3.10. The van der Waals surface area contributed by atoms with E-state index in [0.717, 1.165) is 32.1 Å². The van der Waals surface area contributed by atoms with Crippen molar-refractivity contribution in [3.8, 4) is 0 Å². The van der Waals surface area contributed by atoms with Crippen LogP contribution in [0.15, 0.2) is 18.2 Å². The second kappa shape index (κ2) is 8.14. The van der Waals surface area contributed by atoms with Crippen molar-refractivity contribution in [3.63, 3.8) is 0 Å². The summed E-state index contributed by atoms with van der Waals surface area (Å²) < 4.78 is 31.2. The molecule has 0 spiro atoms. The average molecular weight is 243 g/mol. The van der Waals surface area contributed by atoms with Crippen molar-refractivity contribution in [2.24, 2.45) is 0 Å². The second-order valence-corrected chi connectivity index (χ2v) is 3.88. The molecule has 0 amide bonds. The Morgan fingerprint density at radius 2 is 2.06 bits per heavy atom. The standard InChI is InChI=1S/C13H19F2NO/c1-2-7-17-8-3-6-16-10-11-4-5-12(14)9-13(11)15/h4-5,9,16H,2-3,6-8,10H2,1H3. The van der Waals surface area contributed by atoms with Crippen LogP contribution < -0.4 is 5.32 Å². The van der Waals surface area contributed by atoms with Crippen LogP contribution in [0.3, 0.4) is 0 Å². The van der Waals surface area contributed by atoms with E-state index in [-0.39, 0.29) is 0 Å². The largest absolute Gasteiger partial charge is 0.381 e. The fourth-order valence-electron chi connectivity index (χ4n) is 1.43. The second-order valence-electron chi connectivity index (χ2n) is 3.88. The molecule has 0 unspecified atom stereocenters. The van der Waals surface area contributed by atoms with Crippen molar-refractivity contribution in [3.05, 3.63) is 35.4 Å². The molecule has 0 bridgehead atoms. The molecule has 0 heterocycles. The molecule has 0 saturated heterocycles. The minimum absolute atomic E-state index is 0.417. The lowest BCUT2D eigenvalue weighted by atomic mass is 10.2. The third-order valence-corrected chi connectivity index (χ3v) is 2.32. The van der Waals surface area contributed by atoms with Crippen molar-refractivity contribution < 1.29 is 13.5 Å². The molecule has 1 aromatic carbocycles. The van der Waals surface area contributed by atoms with E-state index in [1.54, 1.807) is 0 Å². The average Bonchev–Trinajstić information content (AvgIpc) is 2.30. The van der Waals surface area contributed by atoms with Crippen molar-refractivity contribution in [1.82, 2.24) is 5.32 Å².